The van der Waals surface area contributed by atoms with E-state index in [2.05, 4.69) is 19.0 Å². The molecular weight excluding hydrogens is 508 g/mol. The Morgan fingerprint density at radius 2 is 1.62 bits per heavy atom. The second-order valence-corrected chi connectivity index (χ2v) is 10.9. The zero-order chi connectivity index (χ0) is 26.6. The molecule has 0 bridgehead atoms. The van der Waals surface area contributed by atoms with E-state index in [0.29, 0.717) is 22.8 Å². The van der Waals surface area contributed by atoms with Crippen LogP contribution < -0.4 is 0 Å². The maximum atomic E-state index is 13.4. The Kier molecular flexibility index (Phi) is 8.35. The van der Waals surface area contributed by atoms with Crippen LogP contribution in [-0.2, 0) is 5.41 Å². The number of halogens is 1. The standard InChI is InChI=1S/C29H29ClN2O4S/c1-3-14-29(15-4-2)25-17-19(5-11-23(25)24-12-8-21(32(35)36)18-26(24)29)28(33)27(31-34)13-16-37-22-9-6-20(30)7-10-22/h5-12,17-18,34H,3-4,13-16H2,1-2H3/b31-27+. The van der Waals surface area contributed by atoms with Crippen LogP contribution in [0.4, 0.5) is 5.69 Å². The highest BCUT2D eigenvalue weighted by atomic mass is 35.5. The largest absolute Gasteiger partial charge is 0.411 e. The van der Waals surface area contributed by atoms with Crippen molar-refractivity contribution in [2.75, 3.05) is 5.75 Å². The molecule has 3 aromatic carbocycles. The summed E-state index contributed by atoms with van der Waals surface area (Å²) in [4.78, 5) is 25.6. The Bertz CT molecular complexity index is 1350. The van der Waals surface area contributed by atoms with Crippen molar-refractivity contribution < 1.29 is 14.9 Å². The number of oxime groups is 1. The third-order valence-corrected chi connectivity index (χ3v) is 8.24. The molecule has 0 aromatic heterocycles. The van der Waals surface area contributed by atoms with Crippen LogP contribution in [0.2, 0.25) is 5.02 Å². The first-order valence-corrected chi connectivity index (χ1v) is 13.8. The molecule has 0 saturated carbocycles. The summed E-state index contributed by atoms with van der Waals surface area (Å²) in [7, 11) is 0. The van der Waals surface area contributed by atoms with E-state index in [9.17, 15) is 20.1 Å². The molecule has 1 aliphatic rings. The van der Waals surface area contributed by atoms with Crippen LogP contribution in [0, 0.1) is 10.1 Å². The molecule has 0 aliphatic heterocycles. The number of Topliss-reactive ketones (excluding diaryl/α,β-unsaturated/α-hetero) is 1. The topological polar surface area (TPSA) is 92.8 Å². The second-order valence-electron chi connectivity index (χ2n) is 9.26. The average molecular weight is 537 g/mol. The first-order chi connectivity index (χ1) is 17.8. The minimum Gasteiger partial charge on any atom is -0.411 e. The molecule has 1 N–H and O–H groups in total. The quantitative estimate of drug-likeness (QED) is 0.0664. The number of rotatable bonds is 11. The van der Waals surface area contributed by atoms with E-state index < -0.39 is 5.41 Å². The molecule has 0 saturated heterocycles. The first-order valence-electron chi connectivity index (χ1n) is 12.4. The molecule has 0 atom stereocenters. The molecule has 0 unspecified atom stereocenters. The van der Waals surface area contributed by atoms with E-state index in [1.54, 1.807) is 30.0 Å². The average Bonchev–Trinajstić information content (AvgIpc) is 3.16. The van der Waals surface area contributed by atoms with Gasteiger partial charge in [0.2, 0.25) is 5.78 Å². The van der Waals surface area contributed by atoms with Crippen molar-refractivity contribution in [2.24, 2.45) is 5.16 Å². The number of nitrogens with zero attached hydrogens (tertiary/aromatic N) is 2. The zero-order valence-electron chi connectivity index (χ0n) is 20.9. The molecule has 0 amide bonds. The van der Waals surface area contributed by atoms with Gasteiger partial charge >= 0.3 is 0 Å². The number of thioether (sulfide) groups is 1. The monoisotopic (exact) mass is 536 g/mol. The number of non-ortho nitro benzene ring substituents is 1. The third kappa shape index (κ3) is 5.29. The molecule has 6 nitrogen and oxygen atoms in total. The number of nitro benzene ring substituents is 1. The van der Waals surface area contributed by atoms with E-state index in [0.717, 1.165) is 52.8 Å². The van der Waals surface area contributed by atoms with Crippen molar-refractivity contribution in [3.63, 3.8) is 0 Å². The SMILES string of the molecule is CCCC1(CCC)c2cc(C(=O)/C(CCSc3ccc(Cl)cc3)=N/O)ccc2-c2ccc([N+](=O)[O-])cc21. The zero-order valence-corrected chi connectivity index (χ0v) is 22.4. The van der Waals surface area contributed by atoms with Crippen LogP contribution in [0.5, 0.6) is 0 Å². The Hall–Kier alpha value is -3.16. The number of nitro groups is 1. The Morgan fingerprint density at radius 1 is 1.00 bits per heavy atom. The number of fused-ring (bicyclic) bond motifs is 3. The minimum atomic E-state index is -0.405. The van der Waals surface area contributed by atoms with E-state index >= 15 is 0 Å². The highest BCUT2D eigenvalue weighted by molar-refractivity contribution is 7.99. The fourth-order valence-electron chi connectivity index (χ4n) is 5.43. The van der Waals surface area contributed by atoms with E-state index in [4.69, 9.17) is 11.6 Å². The van der Waals surface area contributed by atoms with Gasteiger partial charge in [-0.05, 0) is 71.5 Å². The first kappa shape index (κ1) is 26.9. The van der Waals surface area contributed by atoms with E-state index in [1.807, 2.05) is 42.5 Å². The smallest absolute Gasteiger partial charge is 0.269 e. The summed E-state index contributed by atoms with van der Waals surface area (Å²) in [6, 6.07) is 18.1. The summed E-state index contributed by atoms with van der Waals surface area (Å²) in [5, 5.41) is 25.2. The van der Waals surface area contributed by atoms with Gasteiger partial charge in [0.25, 0.3) is 5.69 Å². The summed E-state index contributed by atoms with van der Waals surface area (Å²) >= 11 is 7.50. The molecule has 0 radical (unpaired) electrons. The van der Waals surface area contributed by atoms with Gasteiger partial charge in [0.1, 0.15) is 5.71 Å². The fraction of sp³-hybridized carbons (Fsp3) is 0.310. The minimum absolute atomic E-state index is 0.0762. The van der Waals surface area contributed by atoms with Crippen LogP contribution in [-0.4, -0.2) is 27.4 Å². The maximum Gasteiger partial charge on any atom is 0.269 e. The Balaban J connectivity index is 1.65. The highest BCUT2D eigenvalue weighted by Crippen LogP contribution is 2.54. The summed E-state index contributed by atoms with van der Waals surface area (Å²) in [6.07, 6.45) is 3.73. The van der Waals surface area contributed by atoms with Gasteiger partial charge in [-0.25, -0.2) is 0 Å². The van der Waals surface area contributed by atoms with Gasteiger partial charge in [0, 0.05) is 45.2 Å². The van der Waals surface area contributed by atoms with Crippen molar-refractivity contribution in [3.8, 4) is 11.1 Å². The van der Waals surface area contributed by atoms with Crippen LogP contribution in [0.25, 0.3) is 11.1 Å². The van der Waals surface area contributed by atoms with Gasteiger partial charge in [-0.2, -0.15) is 0 Å². The number of carbonyl (C=O) groups excluding carboxylic acids is 1. The molecule has 0 heterocycles. The summed E-state index contributed by atoms with van der Waals surface area (Å²) in [5.41, 5.74) is 4.20. The van der Waals surface area contributed by atoms with Gasteiger partial charge in [0.15, 0.2) is 0 Å². The maximum absolute atomic E-state index is 13.4. The predicted molar refractivity (Wildman–Crippen MR) is 149 cm³/mol. The summed E-state index contributed by atoms with van der Waals surface area (Å²) in [5.74, 6) is 0.258. The van der Waals surface area contributed by atoms with Gasteiger partial charge in [-0.15, -0.1) is 11.8 Å². The van der Waals surface area contributed by atoms with Gasteiger partial charge in [-0.3, -0.25) is 14.9 Å². The van der Waals surface area contributed by atoms with Crippen LogP contribution in [0.1, 0.15) is 67.4 Å². The molecule has 0 spiro atoms. The lowest BCUT2D eigenvalue weighted by atomic mass is 9.71. The van der Waals surface area contributed by atoms with Crippen molar-refractivity contribution in [3.05, 3.63) is 92.5 Å². The normalized spacial score (nSPS) is 13.8. The van der Waals surface area contributed by atoms with Crippen LogP contribution in [0.3, 0.4) is 0 Å². The molecule has 8 heteroatoms. The Labute approximate surface area is 225 Å². The van der Waals surface area contributed by atoms with Crippen molar-refractivity contribution in [2.45, 2.75) is 56.3 Å². The van der Waals surface area contributed by atoms with Gasteiger partial charge < -0.3 is 5.21 Å². The number of hydrogen-bond donors (Lipinski definition) is 1. The Morgan fingerprint density at radius 3 is 2.22 bits per heavy atom. The molecule has 0 fully saturated rings. The molecule has 37 heavy (non-hydrogen) atoms. The van der Waals surface area contributed by atoms with E-state index in [1.165, 1.54) is 0 Å². The van der Waals surface area contributed by atoms with Crippen molar-refractivity contribution in [1.82, 2.24) is 0 Å². The lowest BCUT2D eigenvalue weighted by molar-refractivity contribution is -0.384. The number of benzene rings is 3. The fourth-order valence-corrected chi connectivity index (χ4v) is 6.41. The van der Waals surface area contributed by atoms with Gasteiger partial charge in [-0.1, -0.05) is 55.6 Å². The van der Waals surface area contributed by atoms with Crippen molar-refractivity contribution in [1.29, 1.82) is 0 Å². The number of carbonyl (C=O) groups is 1. The number of hydrogen-bond acceptors (Lipinski definition) is 6. The van der Waals surface area contributed by atoms with E-state index in [-0.39, 0.29) is 22.1 Å². The molecule has 3 aromatic rings. The molecular formula is C29H29ClN2O4S. The van der Waals surface area contributed by atoms with Gasteiger partial charge in [0.05, 0.1) is 4.92 Å². The van der Waals surface area contributed by atoms with Crippen LogP contribution in [0.15, 0.2) is 70.7 Å². The van der Waals surface area contributed by atoms with Crippen molar-refractivity contribution >= 4 is 40.5 Å². The molecule has 4 rings (SSSR count). The third-order valence-electron chi connectivity index (χ3n) is 6.97. The highest BCUT2D eigenvalue weighted by Gasteiger charge is 2.43. The molecule has 192 valence electrons. The molecule has 1 aliphatic carbocycles. The summed E-state index contributed by atoms with van der Waals surface area (Å²) < 4.78 is 0. The number of ketones is 1. The lowest BCUT2D eigenvalue weighted by Gasteiger charge is -2.32. The predicted octanol–water partition coefficient (Wildman–Crippen LogP) is 8.31. The second kappa shape index (κ2) is 11.5. The summed E-state index contributed by atoms with van der Waals surface area (Å²) in [6.45, 7) is 4.21. The lowest BCUT2D eigenvalue weighted by Crippen LogP contribution is -2.26. The van der Waals surface area contributed by atoms with Crippen LogP contribution >= 0.6 is 23.4 Å².